The summed E-state index contributed by atoms with van der Waals surface area (Å²) in [6.07, 6.45) is 1.65. The summed E-state index contributed by atoms with van der Waals surface area (Å²) in [6.45, 7) is 0. The summed E-state index contributed by atoms with van der Waals surface area (Å²) in [5.74, 6) is 5.58. The summed E-state index contributed by atoms with van der Waals surface area (Å²) in [7, 11) is 0. The Labute approximate surface area is 110 Å². The van der Waals surface area contributed by atoms with Gasteiger partial charge in [0.25, 0.3) is 0 Å². The van der Waals surface area contributed by atoms with Crippen molar-refractivity contribution in [1.82, 2.24) is 10.4 Å². The normalized spacial score (nSPS) is 12.4. The molecule has 0 saturated carbocycles. The van der Waals surface area contributed by atoms with E-state index in [1.807, 2.05) is 30.3 Å². The molecule has 3 N–H and O–H groups in total. The second kappa shape index (κ2) is 5.47. The number of benzene rings is 1. The molecule has 2 rings (SSSR count). The summed E-state index contributed by atoms with van der Waals surface area (Å²) >= 11 is 11.8. The molecule has 0 aliphatic heterocycles. The van der Waals surface area contributed by atoms with Crippen LogP contribution in [0.4, 0.5) is 0 Å². The van der Waals surface area contributed by atoms with Crippen LogP contribution in [0.1, 0.15) is 17.2 Å². The molecule has 5 heteroatoms. The topological polar surface area (TPSA) is 50.9 Å². The van der Waals surface area contributed by atoms with Gasteiger partial charge in [-0.3, -0.25) is 5.84 Å². The summed E-state index contributed by atoms with van der Waals surface area (Å²) < 4.78 is 0. The number of nitrogens with zero attached hydrogens (tertiary/aromatic N) is 1. The Morgan fingerprint density at radius 3 is 2.53 bits per heavy atom. The second-order valence-corrected chi connectivity index (χ2v) is 4.39. The molecule has 1 aromatic carbocycles. The lowest BCUT2D eigenvalue weighted by Crippen LogP contribution is -2.28. The van der Waals surface area contributed by atoms with E-state index >= 15 is 0 Å². The van der Waals surface area contributed by atoms with E-state index in [2.05, 4.69) is 10.4 Å². The molecule has 0 fully saturated rings. The third kappa shape index (κ3) is 2.96. The fourth-order valence-corrected chi connectivity index (χ4v) is 2.05. The van der Waals surface area contributed by atoms with E-state index in [9.17, 15) is 0 Å². The molecule has 88 valence electrons. The van der Waals surface area contributed by atoms with Gasteiger partial charge in [0.15, 0.2) is 0 Å². The minimum Gasteiger partial charge on any atom is -0.271 e. The zero-order valence-electron chi connectivity index (χ0n) is 8.90. The van der Waals surface area contributed by atoms with Gasteiger partial charge < -0.3 is 0 Å². The predicted molar refractivity (Wildman–Crippen MR) is 69.9 cm³/mol. The molecule has 0 spiro atoms. The van der Waals surface area contributed by atoms with Crippen LogP contribution >= 0.6 is 23.2 Å². The van der Waals surface area contributed by atoms with Crippen LogP contribution in [-0.4, -0.2) is 4.98 Å². The number of hydrazine groups is 1. The Bertz CT molecular complexity index is 471. The average Bonchev–Trinajstić information content (AvgIpc) is 2.30. The molecule has 17 heavy (non-hydrogen) atoms. The van der Waals surface area contributed by atoms with E-state index in [-0.39, 0.29) is 6.04 Å². The molecule has 1 heterocycles. The number of aromatic nitrogens is 1. The lowest BCUT2D eigenvalue weighted by atomic mass is 10.0. The van der Waals surface area contributed by atoms with Gasteiger partial charge in [0, 0.05) is 11.2 Å². The maximum absolute atomic E-state index is 5.96. The smallest absolute Gasteiger partial charge is 0.129 e. The van der Waals surface area contributed by atoms with Crippen molar-refractivity contribution in [2.45, 2.75) is 6.04 Å². The predicted octanol–water partition coefficient (Wildman–Crippen LogP) is 2.94. The van der Waals surface area contributed by atoms with Crippen LogP contribution in [0.2, 0.25) is 10.2 Å². The highest BCUT2D eigenvalue weighted by molar-refractivity contribution is 6.30. The van der Waals surface area contributed by atoms with Crippen molar-refractivity contribution in [2.75, 3.05) is 0 Å². The van der Waals surface area contributed by atoms with Crippen LogP contribution in [0.5, 0.6) is 0 Å². The quantitative estimate of drug-likeness (QED) is 0.511. The van der Waals surface area contributed by atoms with Gasteiger partial charge in [0.2, 0.25) is 0 Å². The SMILES string of the molecule is NNC(c1cccc(Cl)c1)c1ccnc(Cl)c1. The van der Waals surface area contributed by atoms with E-state index in [0.29, 0.717) is 10.2 Å². The van der Waals surface area contributed by atoms with E-state index in [4.69, 9.17) is 29.0 Å². The summed E-state index contributed by atoms with van der Waals surface area (Å²) in [4.78, 5) is 3.94. The van der Waals surface area contributed by atoms with Crippen molar-refractivity contribution < 1.29 is 0 Å². The van der Waals surface area contributed by atoms with Gasteiger partial charge in [-0.1, -0.05) is 35.3 Å². The summed E-state index contributed by atoms with van der Waals surface area (Å²) in [6, 6.07) is 11.0. The number of nitrogens with two attached hydrogens (primary N) is 1. The van der Waals surface area contributed by atoms with Crippen molar-refractivity contribution in [1.29, 1.82) is 0 Å². The molecule has 1 atom stereocenters. The van der Waals surface area contributed by atoms with E-state index in [1.165, 1.54) is 0 Å². The van der Waals surface area contributed by atoms with Crippen LogP contribution in [0.3, 0.4) is 0 Å². The Balaban J connectivity index is 2.40. The van der Waals surface area contributed by atoms with Crippen molar-refractivity contribution in [3.8, 4) is 0 Å². The standard InChI is InChI=1S/C12H11Cl2N3/c13-10-3-1-2-8(6-10)12(17-15)9-4-5-16-11(14)7-9/h1-7,12,17H,15H2. The zero-order valence-corrected chi connectivity index (χ0v) is 10.4. The molecule has 2 aromatic rings. The largest absolute Gasteiger partial charge is 0.271 e. The molecule has 0 aliphatic carbocycles. The lowest BCUT2D eigenvalue weighted by Gasteiger charge is -2.17. The molecule has 1 unspecified atom stereocenters. The molecule has 0 aliphatic rings. The average molecular weight is 268 g/mol. The number of halogens is 2. The zero-order chi connectivity index (χ0) is 12.3. The maximum atomic E-state index is 5.96. The van der Waals surface area contributed by atoms with Crippen molar-refractivity contribution in [3.05, 3.63) is 63.9 Å². The van der Waals surface area contributed by atoms with Crippen LogP contribution < -0.4 is 11.3 Å². The van der Waals surface area contributed by atoms with Gasteiger partial charge in [-0.15, -0.1) is 0 Å². The van der Waals surface area contributed by atoms with Crippen molar-refractivity contribution in [2.24, 2.45) is 5.84 Å². The minimum absolute atomic E-state index is 0.158. The number of hydrogen-bond donors (Lipinski definition) is 2. The van der Waals surface area contributed by atoms with Crippen LogP contribution in [0.15, 0.2) is 42.6 Å². The molecule has 0 bridgehead atoms. The highest BCUT2D eigenvalue weighted by atomic mass is 35.5. The van der Waals surface area contributed by atoms with Crippen LogP contribution in [0.25, 0.3) is 0 Å². The molecular formula is C12H11Cl2N3. The minimum atomic E-state index is -0.158. The van der Waals surface area contributed by atoms with Gasteiger partial charge in [0.1, 0.15) is 5.15 Å². The summed E-state index contributed by atoms with van der Waals surface area (Å²) in [5.41, 5.74) is 4.66. The molecule has 0 saturated heterocycles. The highest BCUT2D eigenvalue weighted by Crippen LogP contribution is 2.24. The lowest BCUT2D eigenvalue weighted by molar-refractivity contribution is 0.636. The van der Waals surface area contributed by atoms with Crippen LogP contribution in [0, 0.1) is 0 Å². The van der Waals surface area contributed by atoms with Gasteiger partial charge in [0.05, 0.1) is 6.04 Å². The Hall–Kier alpha value is -1.13. The highest BCUT2D eigenvalue weighted by Gasteiger charge is 2.13. The second-order valence-electron chi connectivity index (χ2n) is 3.57. The van der Waals surface area contributed by atoms with Crippen molar-refractivity contribution in [3.63, 3.8) is 0 Å². The van der Waals surface area contributed by atoms with Crippen molar-refractivity contribution >= 4 is 23.2 Å². The first-order chi connectivity index (χ1) is 8.20. The Morgan fingerprint density at radius 1 is 1.12 bits per heavy atom. The number of hydrogen-bond acceptors (Lipinski definition) is 3. The molecular weight excluding hydrogens is 257 g/mol. The third-order valence-corrected chi connectivity index (χ3v) is 2.87. The van der Waals surface area contributed by atoms with Gasteiger partial charge in [-0.25, -0.2) is 10.4 Å². The first-order valence-electron chi connectivity index (χ1n) is 5.04. The van der Waals surface area contributed by atoms with E-state index in [1.54, 1.807) is 12.3 Å². The summed E-state index contributed by atoms with van der Waals surface area (Å²) in [5, 5.41) is 1.10. The molecule has 0 radical (unpaired) electrons. The first kappa shape index (κ1) is 12.3. The number of nitrogens with one attached hydrogen (secondary N) is 1. The van der Waals surface area contributed by atoms with E-state index < -0.39 is 0 Å². The monoisotopic (exact) mass is 267 g/mol. The Morgan fingerprint density at radius 2 is 1.88 bits per heavy atom. The first-order valence-corrected chi connectivity index (χ1v) is 5.79. The maximum Gasteiger partial charge on any atom is 0.129 e. The molecule has 0 amide bonds. The Kier molecular flexibility index (Phi) is 3.97. The van der Waals surface area contributed by atoms with Gasteiger partial charge in [-0.2, -0.15) is 0 Å². The van der Waals surface area contributed by atoms with Gasteiger partial charge in [-0.05, 0) is 35.4 Å². The fraction of sp³-hybridized carbons (Fsp3) is 0.0833. The molecule has 3 nitrogen and oxygen atoms in total. The van der Waals surface area contributed by atoms with E-state index in [0.717, 1.165) is 11.1 Å². The number of pyridine rings is 1. The fourth-order valence-electron chi connectivity index (χ4n) is 1.67. The number of rotatable bonds is 3. The third-order valence-electron chi connectivity index (χ3n) is 2.43. The molecule has 1 aromatic heterocycles. The van der Waals surface area contributed by atoms with Crippen LogP contribution in [-0.2, 0) is 0 Å². The van der Waals surface area contributed by atoms with Gasteiger partial charge >= 0.3 is 0 Å².